The van der Waals surface area contributed by atoms with Gasteiger partial charge in [-0.25, -0.2) is 0 Å². The Balaban J connectivity index is 2.41. The first-order valence-corrected chi connectivity index (χ1v) is 6.18. The molecule has 0 spiro atoms. The largest absolute Gasteiger partial charge is 0.308 e. The Bertz CT molecular complexity index is 529. The molecule has 4 nitrogen and oxygen atoms in total. The molecule has 0 saturated carbocycles. The predicted octanol–water partition coefficient (Wildman–Crippen LogP) is 2.08. The van der Waals surface area contributed by atoms with Crippen LogP contribution in [0.5, 0.6) is 0 Å². The molecule has 2 rings (SSSR count). The van der Waals surface area contributed by atoms with Gasteiger partial charge in [-0.15, -0.1) is 0 Å². The number of rotatable bonds is 3. The van der Waals surface area contributed by atoms with E-state index in [2.05, 4.69) is 0 Å². The van der Waals surface area contributed by atoms with Gasteiger partial charge in [0, 0.05) is 13.1 Å². The smallest absolute Gasteiger partial charge is 0.299 e. The maximum atomic E-state index is 11.9. The zero-order valence-corrected chi connectivity index (χ0v) is 11.5. The fourth-order valence-electron chi connectivity index (χ4n) is 1.84. The van der Waals surface area contributed by atoms with Gasteiger partial charge in [0.1, 0.15) is 0 Å². The monoisotopic (exact) mass is 286 g/mol. The van der Waals surface area contributed by atoms with E-state index in [0.29, 0.717) is 18.8 Å². The summed E-state index contributed by atoms with van der Waals surface area (Å²) in [6, 6.07) is 3.25. The molecule has 1 aromatic rings. The van der Waals surface area contributed by atoms with E-state index in [-0.39, 0.29) is 15.6 Å². The van der Waals surface area contributed by atoms with Crippen LogP contribution in [0, 0.1) is 0 Å². The fourth-order valence-corrected chi connectivity index (χ4v) is 2.25. The molecule has 0 aromatic heterocycles. The second kappa shape index (κ2) is 4.88. The molecule has 1 aliphatic heterocycles. The Hall–Kier alpha value is -1.10. The van der Waals surface area contributed by atoms with E-state index in [0.717, 1.165) is 0 Å². The molecule has 0 N–H and O–H groups in total. The van der Waals surface area contributed by atoms with Gasteiger partial charge in [-0.3, -0.25) is 9.59 Å². The van der Waals surface area contributed by atoms with Gasteiger partial charge in [0.15, 0.2) is 0 Å². The number of amides is 1. The highest BCUT2D eigenvalue weighted by atomic mass is 35.5. The average molecular weight is 287 g/mol. The third-order valence-electron chi connectivity index (χ3n) is 2.80. The van der Waals surface area contributed by atoms with E-state index in [1.807, 2.05) is 19.0 Å². The summed E-state index contributed by atoms with van der Waals surface area (Å²) >= 11 is 11.8. The van der Waals surface area contributed by atoms with Crippen LogP contribution < -0.4 is 4.90 Å². The van der Waals surface area contributed by atoms with Crippen molar-refractivity contribution in [3.8, 4) is 0 Å². The lowest BCUT2D eigenvalue weighted by Crippen LogP contribution is -2.35. The highest BCUT2D eigenvalue weighted by molar-refractivity contribution is 6.56. The molecule has 0 atom stereocenters. The molecule has 0 bridgehead atoms. The summed E-state index contributed by atoms with van der Waals surface area (Å²) in [6.45, 7) is 1.11. The van der Waals surface area contributed by atoms with E-state index < -0.39 is 11.7 Å². The Morgan fingerprint density at radius 3 is 2.50 bits per heavy atom. The number of ketones is 1. The van der Waals surface area contributed by atoms with Crippen molar-refractivity contribution < 1.29 is 9.59 Å². The van der Waals surface area contributed by atoms with Crippen LogP contribution in [0.2, 0.25) is 10.0 Å². The number of hydrogen-bond donors (Lipinski definition) is 0. The number of Topliss-reactive ketones (excluding diaryl/α,β-unsaturated/α-hetero) is 1. The Kier molecular flexibility index (Phi) is 3.61. The first-order chi connectivity index (χ1) is 8.43. The number of likely N-dealkylation sites (N-methyl/N-ethyl adjacent to an activating group) is 1. The summed E-state index contributed by atoms with van der Waals surface area (Å²) in [5.41, 5.74) is 0.758. The first-order valence-electron chi connectivity index (χ1n) is 5.42. The summed E-state index contributed by atoms with van der Waals surface area (Å²) in [5, 5.41) is 0.436. The Labute approximate surface area is 115 Å². The number of carbonyl (C=O) groups excluding carboxylic acids is 2. The van der Waals surface area contributed by atoms with Crippen molar-refractivity contribution >= 4 is 40.6 Å². The van der Waals surface area contributed by atoms with E-state index in [4.69, 9.17) is 23.2 Å². The van der Waals surface area contributed by atoms with Gasteiger partial charge in [-0.05, 0) is 26.2 Å². The van der Waals surface area contributed by atoms with Crippen molar-refractivity contribution in [2.75, 3.05) is 32.1 Å². The van der Waals surface area contributed by atoms with Crippen LogP contribution in [0.25, 0.3) is 0 Å². The first kappa shape index (κ1) is 13.3. The Morgan fingerprint density at radius 1 is 1.22 bits per heavy atom. The van der Waals surface area contributed by atoms with Crippen LogP contribution in [0.3, 0.4) is 0 Å². The van der Waals surface area contributed by atoms with Crippen LogP contribution in [0.15, 0.2) is 12.1 Å². The second-order valence-electron chi connectivity index (χ2n) is 4.34. The molecule has 6 heteroatoms. The van der Waals surface area contributed by atoms with E-state index in [1.165, 1.54) is 4.90 Å². The third kappa shape index (κ3) is 2.11. The number of carbonyl (C=O) groups is 2. The standard InChI is InChI=1S/C12H12Cl2N2O2/c1-15(2)5-6-16-8-4-3-7(13)10(14)9(8)11(17)12(16)18/h3-4H,5-6H2,1-2H3. The zero-order valence-electron chi connectivity index (χ0n) is 10.0. The minimum Gasteiger partial charge on any atom is -0.308 e. The molecular formula is C12H12Cl2N2O2. The lowest BCUT2D eigenvalue weighted by atomic mass is 10.1. The van der Waals surface area contributed by atoms with Gasteiger partial charge in [0.25, 0.3) is 11.7 Å². The van der Waals surface area contributed by atoms with Crippen LogP contribution in [-0.2, 0) is 4.79 Å². The van der Waals surface area contributed by atoms with Gasteiger partial charge in [-0.1, -0.05) is 23.2 Å². The molecule has 1 aromatic carbocycles. The number of anilines is 1. The quantitative estimate of drug-likeness (QED) is 0.799. The lowest BCUT2D eigenvalue weighted by molar-refractivity contribution is -0.114. The highest BCUT2D eigenvalue weighted by Gasteiger charge is 2.37. The number of hydrogen-bond acceptors (Lipinski definition) is 3. The van der Waals surface area contributed by atoms with Crippen molar-refractivity contribution in [2.24, 2.45) is 0 Å². The molecule has 18 heavy (non-hydrogen) atoms. The maximum absolute atomic E-state index is 11.9. The maximum Gasteiger partial charge on any atom is 0.299 e. The van der Waals surface area contributed by atoms with Crippen molar-refractivity contribution in [2.45, 2.75) is 0 Å². The average Bonchev–Trinajstić information content (AvgIpc) is 2.55. The van der Waals surface area contributed by atoms with E-state index in [1.54, 1.807) is 12.1 Å². The molecule has 1 amide bonds. The van der Waals surface area contributed by atoms with Crippen molar-refractivity contribution in [3.05, 3.63) is 27.7 Å². The van der Waals surface area contributed by atoms with Crippen LogP contribution >= 0.6 is 23.2 Å². The highest BCUT2D eigenvalue weighted by Crippen LogP contribution is 2.38. The number of halogens is 2. The molecule has 0 unspecified atom stereocenters. The predicted molar refractivity (Wildman–Crippen MR) is 71.7 cm³/mol. The third-order valence-corrected chi connectivity index (χ3v) is 3.61. The number of benzene rings is 1. The van der Waals surface area contributed by atoms with Crippen LogP contribution in [0.4, 0.5) is 5.69 Å². The number of fused-ring (bicyclic) bond motifs is 1. The second-order valence-corrected chi connectivity index (χ2v) is 5.13. The normalized spacial score (nSPS) is 14.6. The van der Waals surface area contributed by atoms with Crippen molar-refractivity contribution in [1.82, 2.24) is 4.90 Å². The fraction of sp³-hybridized carbons (Fsp3) is 0.333. The summed E-state index contributed by atoms with van der Waals surface area (Å²) in [4.78, 5) is 27.2. The summed E-state index contributed by atoms with van der Waals surface area (Å²) in [6.07, 6.45) is 0. The van der Waals surface area contributed by atoms with E-state index >= 15 is 0 Å². The number of nitrogens with zero attached hydrogens (tertiary/aromatic N) is 2. The van der Waals surface area contributed by atoms with Gasteiger partial charge in [0.05, 0.1) is 21.3 Å². The van der Waals surface area contributed by atoms with Gasteiger partial charge >= 0.3 is 0 Å². The molecular weight excluding hydrogens is 275 g/mol. The SMILES string of the molecule is CN(C)CCN1C(=O)C(=O)c2c1ccc(Cl)c2Cl. The molecule has 1 aliphatic rings. The summed E-state index contributed by atoms with van der Waals surface area (Å²) < 4.78 is 0. The van der Waals surface area contributed by atoms with Crippen LogP contribution in [-0.4, -0.2) is 43.8 Å². The Morgan fingerprint density at radius 2 is 1.89 bits per heavy atom. The molecule has 0 aliphatic carbocycles. The van der Waals surface area contributed by atoms with Gasteiger partial charge in [0.2, 0.25) is 0 Å². The van der Waals surface area contributed by atoms with Gasteiger partial charge < -0.3 is 9.80 Å². The molecule has 0 saturated heterocycles. The lowest BCUT2D eigenvalue weighted by Gasteiger charge is -2.19. The topological polar surface area (TPSA) is 40.6 Å². The molecule has 1 heterocycles. The summed E-state index contributed by atoms with van der Waals surface area (Å²) in [7, 11) is 3.80. The molecule has 96 valence electrons. The summed E-state index contributed by atoms with van der Waals surface area (Å²) in [5.74, 6) is -1.13. The van der Waals surface area contributed by atoms with E-state index in [9.17, 15) is 9.59 Å². The van der Waals surface area contributed by atoms with Crippen molar-refractivity contribution in [1.29, 1.82) is 0 Å². The van der Waals surface area contributed by atoms with Gasteiger partial charge in [-0.2, -0.15) is 0 Å². The minimum atomic E-state index is -0.587. The zero-order chi connectivity index (χ0) is 13.4. The van der Waals surface area contributed by atoms with Crippen molar-refractivity contribution in [3.63, 3.8) is 0 Å². The molecule has 0 radical (unpaired) electrons. The minimum absolute atomic E-state index is 0.153. The van der Waals surface area contributed by atoms with Crippen LogP contribution in [0.1, 0.15) is 10.4 Å². The molecule has 0 fully saturated rings.